The van der Waals surface area contributed by atoms with Gasteiger partial charge in [-0.3, -0.25) is 14.2 Å². The number of aromatic nitrogens is 4. The molecule has 8 nitrogen and oxygen atoms in total. The van der Waals surface area contributed by atoms with Crippen molar-refractivity contribution in [1.82, 2.24) is 24.5 Å². The first-order valence-corrected chi connectivity index (χ1v) is 6.73. The summed E-state index contributed by atoms with van der Waals surface area (Å²) < 4.78 is 3.08. The molecule has 0 saturated heterocycles. The van der Waals surface area contributed by atoms with Gasteiger partial charge in [0, 0.05) is 45.1 Å². The van der Waals surface area contributed by atoms with Crippen molar-refractivity contribution in [1.29, 1.82) is 0 Å². The lowest BCUT2D eigenvalue weighted by Crippen LogP contribution is -2.27. The number of aryl methyl sites for hydroxylation is 3. The zero-order valence-electron chi connectivity index (χ0n) is 13.3. The van der Waals surface area contributed by atoms with Gasteiger partial charge in [0.15, 0.2) is 5.69 Å². The van der Waals surface area contributed by atoms with Crippen molar-refractivity contribution in [2.75, 3.05) is 7.05 Å². The lowest BCUT2D eigenvalue weighted by molar-refractivity contribution is 0.0674. The van der Waals surface area contributed by atoms with Gasteiger partial charge in [0.05, 0.1) is 11.3 Å². The summed E-state index contributed by atoms with van der Waals surface area (Å²) >= 11 is 0. The summed E-state index contributed by atoms with van der Waals surface area (Å²) in [5, 5.41) is 17.3. The summed E-state index contributed by atoms with van der Waals surface area (Å²) in [6.45, 7) is 4.17. The molecule has 1 N–H and O–H groups in total. The number of hydrogen-bond donors (Lipinski definition) is 1. The number of nitrogens with zero attached hydrogens (tertiary/aromatic N) is 5. The molecule has 0 aliphatic heterocycles. The SMILES string of the molecule is Cc1nn(C)c(C)c1CN(C)C(=O)c1cn(C)nc1C(=O)O. The number of aromatic carboxylic acids is 1. The Morgan fingerprint density at radius 1 is 1.27 bits per heavy atom. The van der Waals surface area contributed by atoms with Gasteiger partial charge in [-0.2, -0.15) is 10.2 Å². The Kier molecular flexibility index (Phi) is 4.03. The highest BCUT2D eigenvalue weighted by atomic mass is 16.4. The first kappa shape index (κ1) is 15.7. The first-order valence-electron chi connectivity index (χ1n) is 6.73. The third-order valence-electron chi connectivity index (χ3n) is 3.66. The van der Waals surface area contributed by atoms with E-state index in [0.717, 1.165) is 17.0 Å². The number of hydrogen-bond acceptors (Lipinski definition) is 4. The Balaban J connectivity index is 2.28. The number of rotatable bonds is 4. The Morgan fingerprint density at radius 2 is 1.91 bits per heavy atom. The Hall–Kier alpha value is -2.64. The molecule has 22 heavy (non-hydrogen) atoms. The molecular weight excluding hydrogens is 286 g/mol. The monoisotopic (exact) mass is 305 g/mol. The summed E-state index contributed by atoms with van der Waals surface area (Å²) in [6, 6.07) is 0. The second-order valence-corrected chi connectivity index (χ2v) is 5.30. The van der Waals surface area contributed by atoms with Crippen molar-refractivity contribution >= 4 is 11.9 Å². The van der Waals surface area contributed by atoms with Crippen LogP contribution in [0.4, 0.5) is 0 Å². The molecule has 0 radical (unpaired) electrons. The van der Waals surface area contributed by atoms with E-state index in [0.29, 0.717) is 6.54 Å². The third kappa shape index (κ3) is 2.72. The predicted molar refractivity (Wildman–Crippen MR) is 78.6 cm³/mol. The van der Waals surface area contributed by atoms with E-state index >= 15 is 0 Å². The number of carboxylic acids is 1. The van der Waals surface area contributed by atoms with Crippen molar-refractivity contribution in [2.45, 2.75) is 20.4 Å². The third-order valence-corrected chi connectivity index (χ3v) is 3.66. The Morgan fingerprint density at radius 3 is 2.41 bits per heavy atom. The average molecular weight is 305 g/mol. The standard InChI is InChI=1S/C14H19N5O3/c1-8-10(9(2)19(5)15-8)6-17(3)13(20)11-7-18(4)16-12(11)14(21)22/h7H,6H2,1-5H3,(H,21,22). The molecule has 0 atom stereocenters. The van der Waals surface area contributed by atoms with Crippen LogP contribution in [-0.2, 0) is 20.6 Å². The van der Waals surface area contributed by atoms with Gasteiger partial charge in [0.2, 0.25) is 0 Å². The lowest BCUT2D eigenvalue weighted by atomic mass is 10.1. The van der Waals surface area contributed by atoms with Gasteiger partial charge >= 0.3 is 5.97 Å². The molecule has 1 amide bonds. The van der Waals surface area contributed by atoms with Gasteiger partial charge in [0.25, 0.3) is 5.91 Å². The molecule has 0 unspecified atom stereocenters. The number of amides is 1. The highest BCUT2D eigenvalue weighted by molar-refractivity contribution is 6.03. The maximum Gasteiger partial charge on any atom is 0.357 e. The smallest absolute Gasteiger partial charge is 0.357 e. The molecule has 2 rings (SSSR count). The van der Waals surface area contributed by atoms with Crippen LogP contribution >= 0.6 is 0 Å². The predicted octanol–water partition coefficient (Wildman–Crippen LogP) is 0.741. The first-order chi connectivity index (χ1) is 10.2. The molecule has 118 valence electrons. The normalized spacial score (nSPS) is 10.8. The fourth-order valence-corrected chi connectivity index (χ4v) is 2.36. The summed E-state index contributed by atoms with van der Waals surface area (Å²) in [5.41, 5.74) is 2.63. The van der Waals surface area contributed by atoms with Crippen LogP contribution in [0, 0.1) is 13.8 Å². The molecule has 8 heteroatoms. The second kappa shape index (κ2) is 5.63. The zero-order valence-corrected chi connectivity index (χ0v) is 13.3. The highest BCUT2D eigenvalue weighted by Gasteiger charge is 2.24. The fraction of sp³-hybridized carbons (Fsp3) is 0.429. The summed E-state index contributed by atoms with van der Waals surface area (Å²) in [6.07, 6.45) is 1.42. The van der Waals surface area contributed by atoms with E-state index in [-0.39, 0.29) is 17.2 Å². The van der Waals surface area contributed by atoms with Gasteiger partial charge in [-0.15, -0.1) is 0 Å². The van der Waals surface area contributed by atoms with E-state index in [4.69, 9.17) is 5.11 Å². The molecule has 2 aromatic rings. The van der Waals surface area contributed by atoms with Gasteiger partial charge in [-0.1, -0.05) is 0 Å². The fourth-order valence-electron chi connectivity index (χ4n) is 2.36. The molecule has 2 aromatic heterocycles. The quantitative estimate of drug-likeness (QED) is 0.899. The van der Waals surface area contributed by atoms with Gasteiger partial charge in [-0.25, -0.2) is 4.79 Å². The van der Waals surface area contributed by atoms with Gasteiger partial charge < -0.3 is 10.0 Å². The van der Waals surface area contributed by atoms with E-state index < -0.39 is 5.97 Å². The topological polar surface area (TPSA) is 93.3 Å². The van der Waals surface area contributed by atoms with Gasteiger partial charge in [-0.05, 0) is 13.8 Å². The van der Waals surface area contributed by atoms with Crippen molar-refractivity contribution < 1.29 is 14.7 Å². The van der Waals surface area contributed by atoms with Crippen LogP contribution in [0.1, 0.15) is 37.8 Å². The van der Waals surface area contributed by atoms with Crippen LogP contribution < -0.4 is 0 Å². The van der Waals surface area contributed by atoms with Crippen LogP contribution in [0.25, 0.3) is 0 Å². The van der Waals surface area contributed by atoms with Crippen molar-refractivity contribution in [2.24, 2.45) is 14.1 Å². The molecule has 0 aliphatic carbocycles. The van der Waals surface area contributed by atoms with Crippen molar-refractivity contribution in [3.05, 3.63) is 34.4 Å². The maximum absolute atomic E-state index is 12.5. The molecule has 0 fully saturated rings. The van der Waals surface area contributed by atoms with Crippen LogP contribution in [-0.4, -0.2) is 48.5 Å². The molecule has 0 spiro atoms. The summed E-state index contributed by atoms with van der Waals surface area (Å²) in [7, 11) is 5.06. The maximum atomic E-state index is 12.5. The molecule has 0 bridgehead atoms. The minimum absolute atomic E-state index is 0.0803. The van der Waals surface area contributed by atoms with E-state index in [1.165, 1.54) is 15.8 Å². The van der Waals surface area contributed by atoms with Crippen LogP contribution in [0.15, 0.2) is 6.20 Å². The van der Waals surface area contributed by atoms with E-state index in [1.807, 2.05) is 20.9 Å². The molecule has 0 aliphatic rings. The van der Waals surface area contributed by atoms with E-state index in [2.05, 4.69) is 10.2 Å². The Bertz CT molecular complexity index is 744. The summed E-state index contributed by atoms with van der Waals surface area (Å²) in [5.74, 6) is -1.60. The number of carbonyl (C=O) groups is 2. The number of carboxylic acid groups (broad SMARTS) is 1. The van der Waals surface area contributed by atoms with Crippen LogP contribution in [0.2, 0.25) is 0 Å². The highest BCUT2D eigenvalue weighted by Crippen LogP contribution is 2.16. The lowest BCUT2D eigenvalue weighted by Gasteiger charge is -2.17. The Labute approximate surface area is 127 Å². The van der Waals surface area contributed by atoms with Crippen LogP contribution in [0.3, 0.4) is 0 Å². The van der Waals surface area contributed by atoms with Crippen LogP contribution in [0.5, 0.6) is 0 Å². The minimum Gasteiger partial charge on any atom is -0.476 e. The largest absolute Gasteiger partial charge is 0.476 e. The minimum atomic E-state index is -1.22. The number of carbonyl (C=O) groups excluding carboxylic acids is 1. The van der Waals surface area contributed by atoms with E-state index in [9.17, 15) is 9.59 Å². The summed E-state index contributed by atoms with van der Waals surface area (Å²) in [4.78, 5) is 25.1. The average Bonchev–Trinajstić information content (AvgIpc) is 2.94. The zero-order chi connectivity index (χ0) is 16.6. The molecule has 0 saturated carbocycles. The second-order valence-electron chi connectivity index (χ2n) is 5.30. The molecule has 0 aromatic carbocycles. The van der Waals surface area contributed by atoms with E-state index in [1.54, 1.807) is 18.8 Å². The van der Waals surface area contributed by atoms with Gasteiger partial charge in [0.1, 0.15) is 0 Å². The molecule has 2 heterocycles. The molecular formula is C14H19N5O3. The van der Waals surface area contributed by atoms with Crippen molar-refractivity contribution in [3.63, 3.8) is 0 Å². The van der Waals surface area contributed by atoms with Crippen molar-refractivity contribution in [3.8, 4) is 0 Å².